The van der Waals surface area contributed by atoms with Gasteiger partial charge in [-0.1, -0.05) is 47.1 Å². The molecule has 2 aliphatic heterocycles. The number of fused-ring (bicyclic) bond motifs is 2. The van der Waals surface area contributed by atoms with Gasteiger partial charge in [-0.3, -0.25) is 10.2 Å². The van der Waals surface area contributed by atoms with Gasteiger partial charge in [0.05, 0.1) is 24.1 Å². The lowest BCUT2D eigenvalue weighted by Gasteiger charge is -2.48. The Morgan fingerprint density at radius 3 is 2.18 bits per heavy atom. The third-order valence-corrected chi connectivity index (χ3v) is 6.98. The van der Waals surface area contributed by atoms with Crippen molar-refractivity contribution in [2.24, 2.45) is 16.7 Å². The Kier molecular flexibility index (Phi) is 5.25. The van der Waals surface area contributed by atoms with E-state index in [-0.39, 0.29) is 5.91 Å². The fraction of sp³-hybridized carbons (Fsp3) is 0.292. The van der Waals surface area contributed by atoms with Gasteiger partial charge in [0.15, 0.2) is 5.41 Å². The molecule has 2 aromatic rings. The predicted octanol–water partition coefficient (Wildman–Crippen LogP) is 4.52. The zero-order valence-electron chi connectivity index (χ0n) is 17.7. The first-order valence-corrected chi connectivity index (χ1v) is 10.8. The van der Waals surface area contributed by atoms with E-state index in [0.717, 1.165) is 4.47 Å². The molecule has 2 heterocycles. The molecule has 2 saturated heterocycles. The van der Waals surface area contributed by atoms with Gasteiger partial charge in [0, 0.05) is 22.6 Å². The largest absolute Gasteiger partial charge is 0.443 e. The molecule has 2 fully saturated rings. The Labute approximate surface area is 199 Å². The molecule has 9 heteroatoms. The highest BCUT2D eigenvalue weighted by molar-refractivity contribution is 9.10. The highest BCUT2D eigenvalue weighted by Crippen LogP contribution is 2.68. The minimum Gasteiger partial charge on any atom is -0.443 e. The second-order valence-electron chi connectivity index (χ2n) is 8.08. The summed E-state index contributed by atoms with van der Waals surface area (Å²) in [6.07, 6.45) is -1.21. The van der Waals surface area contributed by atoms with Crippen molar-refractivity contribution in [3.8, 4) is 18.2 Å². The van der Waals surface area contributed by atoms with Crippen LogP contribution >= 0.6 is 15.9 Å². The molecule has 0 spiro atoms. The van der Waals surface area contributed by atoms with Crippen LogP contribution in [0.1, 0.15) is 31.1 Å². The van der Waals surface area contributed by atoms with Crippen LogP contribution in [-0.2, 0) is 20.1 Å². The van der Waals surface area contributed by atoms with E-state index in [0.29, 0.717) is 16.8 Å². The third-order valence-electron chi connectivity index (χ3n) is 6.45. The van der Waals surface area contributed by atoms with Crippen molar-refractivity contribution in [2.45, 2.75) is 25.7 Å². The molecule has 4 unspecified atom stereocenters. The molecular formula is C24H18BrN5O3. The summed E-state index contributed by atoms with van der Waals surface area (Å²) in [7, 11) is 0. The van der Waals surface area contributed by atoms with Gasteiger partial charge in [0.2, 0.25) is 23.0 Å². The zero-order chi connectivity index (χ0) is 24.0. The van der Waals surface area contributed by atoms with Gasteiger partial charge in [-0.05, 0) is 29.8 Å². The van der Waals surface area contributed by atoms with Crippen LogP contribution in [0.2, 0.25) is 0 Å². The van der Waals surface area contributed by atoms with E-state index in [1.807, 2.05) is 12.1 Å². The first kappa shape index (κ1) is 22.5. The minimum atomic E-state index is -2.05. The number of hydrogen-bond acceptors (Lipinski definition) is 7. The molecule has 33 heavy (non-hydrogen) atoms. The Hall–Kier alpha value is -3.71. The Bertz CT molecular complexity index is 1260. The fourth-order valence-corrected chi connectivity index (χ4v) is 5.06. The van der Waals surface area contributed by atoms with Crippen molar-refractivity contribution in [3.63, 3.8) is 0 Å². The third kappa shape index (κ3) is 2.89. The lowest BCUT2D eigenvalue weighted by molar-refractivity contribution is -0.288. The summed E-state index contributed by atoms with van der Waals surface area (Å²) < 4.78 is 13.2. The summed E-state index contributed by atoms with van der Waals surface area (Å²) in [5.74, 6) is -3.10. The molecule has 8 nitrogen and oxygen atoms in total. The lowest BCUT2D eigenvalue weighted by Crippen LogP contribution is -2.57. The zero-order valence-corrected chi connectivity index (χ0v) is 19.3. The highest BCUT2D eigenvalue weighted by Gasteiger charge is 2.79. The fourth-order valence-electron chi connectivity index (χ4n) is 4.80. The smallest absolute Gasteiger partial charge is 0.244 e. The summed E-state index contributed by atoms with van der Waals surface area (Å²) in [4.78, 5) is 11.4. The molecule has 0 aliphatic carbocycles. The summed E-state index contributed by atoms with van der Waals surface area (Å²) in [5.41, 5.74) is -2.39. The standard InChI is InChI=1S/C24H18BrN5O3/c1-14-23(13-28)21(29)33-24(14,17-5-7-18(25)8-6-17)32-20(22(23,11-26)12-27)16-3-9-19(10-4-16)30-15(2)31/h3-10,14,20,29H,1-2H3,(H,30,31). The molecule has 4 atom stereocenters. The summed E-state index contributed by atoms with van der Waals surface area (Å²) in [6.45, 7) is 3.04. The quantitative estimate of drug-likeness (QED) is 0.629. The number of amides is 1. The minimum absolute atomic E-state index is 0.244. The van der Waals surface area contributed by atoms with Crippen LogP contribution in [-0.4, -0.2) is 11.8 Å². The average Bonchev–Trinajstić information content (AvgIpc) is 2.96. The Morgan fingerprint density at radius 1 is 1.06 bits per heavy atom. The molecule has 0 radical (unpaired) electrons. The van der Waals surface area contributed by atoms with Crippen LogP contribution < -0.4 is 5.32 Å². The van der Waals surface area contributed by atoms with E-state index in [1.54, 1.807) is 55.5 Å². The molecule has 2 aromatic carbocycles. The summed E-state index contributed by atoms with van der Waals surface area (Å²) >= 11 is 3.39. The number of rotatable bonds is 3. The first-order valence-electron chi connectivity index (χ1n) is 10.0. The maximum Gasteiger partial charge on any atom is 0.244 e. The van der Waals surface area contributed by atoms with E-state index >= 15 is 0 Å². The number of nitrogens with one attached hydrogen (secondary N) is 2. The Balaban J connectivity index is 1.95. The van der Waals surface area contributed by atoms with Gasteiger partial charge < -0.3 is 14.8 Å². The number of nitriles is 3. The second-order valence-corrected chi connectivity index (χ2v) is 9.00. The van der Waals surface area contributed by atoms with Crippen LogP contribution in [0.3, 0.4) is 0 Å². The normalized spacial score (nSPS) is 29.2. The van der Waals surface area contributed by atoms with Crippen molar-refractivity contribution in [1.82, 2.24) is 0 Å². The van der Waals surface area contributed by atoms with E-state index in [2.05, 4.69) is 27.3 Å². The molecule has 2 bridgehead atoms. The highest BCUT2D eigenvalue weighted by atomic mass is 79.9. The van der Waals surface area contributed by atoms with Gasteiger partial charge in [0.1, 0.15) is 6.10 Å². The first-order chi connectivity index (χ1) is 15.7. The van der Waals surface area contributed by atoms with Crippen molar-refractivity contribution in [3.05, 3.63) is 64.1 Å². The maximum atomic E-state index is 11.4. The van der Waals surface area contributed by atoms with Crippen molar-refractivity contribution in [2.75, 3.05) is 5.32 Å². The Morgan fingerprint density at radius 2 is 1.67 bits per heavy atom. The summed E-state index contributed by atoms with van der Waals surface area (Å²) in [5, 5.41) is 42.2. The van der Waals surface area contributed by atoms with Crippen molar-refractivity contribution in [1.29, 1.82) is 21.2 Å². The number of hydrogen-bond donors (Lipinski definition) is 2. The molecule has 0 saturated carbocycles. The van der Waals surface area contributed by atoms with Gasteiger partial charge in [-0.15, -0.1) is 0 Å². The van der Waals surface area contributed by atoms with E-state index < -0.39 is 34.5 Å². The van der Waals surface area contributed by atoms with Crippen LogP contribution in [0.15, 0.2) is 53.0 Å². The van der Waals surface area contributed by atoms with E-state index in [4.69, 9.17) is 14.9 Å². The van der Waals surface area contributed by atoms with Crippen LogP contribution in [0.4, 0.5) is 5.69 Å². The van der Waals surface area contributed by atoms with E-state index in [9.17, 15) is 20.6 Å². The number of carbonyl (C=O) groups excluding carboxylic acids is 1. The topological polar surface area (TPSA) is 143 Å². The number of carbonyl (C=O) groups is 1. The summed E-state index contributed by atoms with van der Waals surface area (Å²) in [6, 6.07) is 19.7. The molecule has 2 N–H and O–H groups in total. The molecule has 1 amide bonds. The number of benzene rings is 2. The van der Waals surface area contributed by atoms with Crippen molar-refractivity contribution >= 4 is 33.4 Å². The molecule has 164 valence electrons. The number of ether oxygens (including phenoxy) is 2. The molecular weight excluding hydrogens is 486 g/mol. The SMILES string of the molecule is CC(=O)Nc1ccc(C2OC3(c4ccc(Br)cc4)OC(=N)C(C#N)(C3C)C2(C#N)C#N)cc1. The lowest BCUT2D eigenvalue weighted by atomic mass is 9.53. The van der Waals surface area contributed by atoms with Crippen LogP contribution in [0, 0.1) is 56.2 Å². The van der Waals surface area contributed by atoms with E-state index in [1.165, 1.54) is 6.92 Å². The number of anilines is 1. The van der Waals surface area contributed by atoms with Gasteiger partial charge in [-0.2, -0.15) is 15.8 Å². The van der Waals surface area contributed by atoms with Crippen LogP contribution in [0.5, 0.6) is 0 Å². The average molecular weight is 504 g/mol. The monoisotopic (exact) mass is 503 g/mol. The molecule has 4 rings (SSSR count). The predicted molar refractivity (Wildman–Crippen MR) is 120 cm³/mol. The van der Waals surface area contributed by atoms with Gasteiger partial charge in [0.25, 0.3) is 0 Å². The van der Waals surface area contributed by atoms with Gasteiger partial charge >= 0.3 is 0 Å². The van der Waals surface area contributed by atoms with Crippen molar-refractivity contribution < 1.29 is 14.3 Å². The maximum absolute atomic E-state index is 11.4. The second kappa shape index (κ2) is 7.71. The van der Waals surface area contributed by atoms with Crippen LogP contribution in [0.25, 0.3) is 0 Å². The number of nitrogens with zero attached hydrogens (tertiary/aromatic N) is 3. The van der Waals surface area contributed by atoms with Gasteiger partial charge in [-0.25, -0.2) is 0 Å². The molecule has 2 aliphatic rings. The number of halogens is 1. The molecule has 0 aromatic heterocycles.